The molecule has 0 unspecified atom stereocenters. The second-order valence-electron chi connectivity index (χ2n) is 7.73. The third-order valence-corrected chi connectivity index (χ3v) is 4.28. The second kappa shape index (κ2) is 16.4. The highest BCUT2D eigenvalue weighted by Gasteiger charge is 2.06. The van der Waals surface area contributed by atoms with Gasteiger partial charge in [-0.1, -0.05) is 32.9 Å². The van der Waals surface area contributed by atoms with E-state index in [1.165, 1.54) is 0 Å². The predicted molar refractivity (Wildman–Crippen MR) is 111 cm³/mol. The minimum Gasteiger partial charge on any atom is -0.379 e. The Labute approximate surface area is 175 Å². The largest absolute Gasteiger partial charge is 0.379 e. The van der Waals surface area contributed by atoms with Crippen molar-refractivity contribution in [1.82, 2.24) is 15.0 Å². The third kappa shape index (κ3) is 14.3. The van der Waals surface area contributed by atoms with Gasteiger partial charge in [0.1, 0.15) is 5.78 Å². The summed E-state index contributed by atoms with van der Waals surface area (Å²) in [5.74, 6) is 0.980. The van der Waals surface area contributed by atoms with Crippen LogP contribution in [0.15, 0.2) is 6.20 Å². The Balaban J connectivity index is 1.83. The monoisotopic (exact) mass is 413 g/mol. The van der Waals surface area contributed by atoms with Crippen molar-refractivity contribution < 1.29 is 23.7 Å². The van der Waals surface area contributed by atoms with Crippen LogP contribution in [0.2, 0.25) is 0 Å². The summed E-state index contributed by atoms with van der Waals surface area (Å²) in [6, 6.07) is 0. The first kappa shape index (κ1) is 25.7. The molecule has 168 valence electrons. The van der Waals surface area contributed by atoms with E-state index in [9.17, 15) is 4.79 Å². The number of carbonyl (C=O) groups excluding carboxylic acids is 1. The van der Waals surface area contributed by atoms with Gasteiger partial charge in [-0.2, -0.15) is 0 Å². The molecule has 0 aliphatic rings. The van der Waals surface area contributed by atoms with Crippen molar-refractivity contribution in [3.63, 3.8) is 0 Å². The van der Waals surface area contributed by atoms with Crippen LogP contribution in [0.3, 0.4) is 0 Å². The molecule has 1 aromatic heterocycles. The lowest BCUT2D eigenvalue weighted by atomic mass is 10.1. The van der Waals surface area contributed by atoms with E-state index >= 15 is 0 Å². The van der Waals surface area contributed by atoms with Crippen molar-refractivity contribution in [2.24, 2.45) is 11.8 Å². The third-order valence-electron chi connectivity index (χ3n) is 4.28. The average Bonchev–Trinajstić information content (AvgIpc) is 3.14. The predicted octanol–water partition coefficient (Wildman–Crippen LogP) is 2.55. The minimum atomic E-state index is 0.0750. The second-order valence-corrected chi connectivity index (χ2v) is 7.73. The van der Waals surface area contributed by atoms with E-state index in [4.69, 9.17) is 18.9 Å². The Hall–Kier alpha value is -1.35. The molecule has 8 nitrogen and oxygen atoms in total. The Morgan fingerprint density at radius 3 is 2.00 bits per heavy atom. The van der Waals surface area contributed by atoms with Crippen molar-refractivity contribution in [2.45, 2.75) is 53.5 Å². The standard InChI is InChI=1S/C21H39N3O5/c1-18(2)5-6-20-17-24(23-22-20)8-10-27-12-14-29-16-15-28-13-11-26-9-7-21(25)19(3)4/h17-19H,5-16H2,1-4H3. The maximum atomic E-state index is 11.4. The van der Waals surface area contributed by atoms with Gasteiger partial charge in [-0.15, -0.1) is 5.10 Å². The molecule has 0 N–H and O–H groups in total. The van der Waals surface area contributed by atoms with Crippen molar-refractivity contribution in [3.05, 3.63) is 11.9 Å². The Bertz CT molecular complexity index is 534. The summed E-state index contributed by atoms with van der Waals surface area (Å²) in [7, 11) is 0. The number of aromatic nitrogens is 3. The van der Waals surface area contributed by atoms with E-state index < -0.39 is 0 Å². The van der Waals surface area contributed by atoms with E-state index in [1.54, 1.807) is 0 Å². The summed E-state index contributed by atoms with van der Waals surface area (Å²) in [5.41, 5.74) is 1.04. The van der Waals surface area contributed by atoms with Gasteiger partial charge < -0.3 is 18.9 Å². The van der Waals surface area contributed by atoms with E-state index in [-0.39, 0.29) is 11.7 Å². The molecule has 0 saturated heterocycles. The van der Waals surface area contributed by atoms with Gasteiger partial charge >= 0.3 is 0 Å². The first-order valence-electron chi connectivity index (χ1n) is 10.7. The van der Waals surface area contributed by atoms with Crippen molar-refractivity contribution in [1.29, 1.82) is 0 Å². The van der Waals surface area contributed by atoms with Crippen LogP contribution in [0.5, 0.6) is 0 Å². The highest BCUT2D eigenvalue weighted by molar-refractivity contribution is 5.80. The topological polar surface area (TPSA) is 84.7 Å². The number of hydrogen-bond donors (Lipinski definition) is 0. The molecule has 0 radical (unpaired) electrons. The molecule has 0 bridgehead atoms. The molecule has 0 saturated carbocycles. The van der Waals surface area contributed by atoms with Gasteiger partial charge in [0.25, 0.3) is 0 Å². The normalized spacial score (nSPS) is 11.7. The number of aryl methyl sites for hydroxylation is 1. The smallest absolute Gasteiger partial charge is 0.137 e. The molecular formula is C21H39N3O5. The average molecular weight is 414 g/mol. The number of nitrogens with zero attached hydrogens (tertiary/aromatic N) is 3. The minimum absolute atomic E-state index is 0.0750. The maximum Gasteiger partial charge on any atom is 0.137 e. The molecular weight excluding hydrogens is 374 g/mol. The van der Waals surface area contributed by atoms with Crippen molar-refractivity contribution in [3.8, 4) is 0 Å². The zero-order valence-corrected chi connectivity index (χ0v) is 18.6. The fourth-order valence-electron chi connectivity index (χ4n) is 2.38. The van der Waals surface area contributed by atoms with Gasteiger partial charge in [0.05, 0.1) is 65.1 Å². The number of rotatable bonds is 19. The molecule has 0 fully saturated rings. The summed E-state index contributed by atoms with van der Waals surface area (Å²) in [5, 5.41) is 8.29. The van der Waals surface area contributed by atoms with Gasteiger partial charge in [-0.25, -0.2) is 4.68 Å². The van der Waals surface area contributed by atoms with E-state index in [1.807, 2.05) is 24.7 Å². The summed E-state index contributed by atoms with van der Waals surface area (Å²) < 4.78 is 23.6. The summed E-state index contributed by atoms with van der Waals surface area (Å²) in [6.45, 7) is 13.1. The Morgan fingerprint density at radius 1 is 0.897 bits per heavy atom. The van der Waals surface area contributed by atoms with Crippen LogP contribution in [0.4, 0.5) is 0 Å². The summed E-state index contributed by atoms with van der Waals surface area (Å²) in [6.07, 6.45) is 4.56. The first-order chi connectivity index (χ1) is 14.0. The fraction of sp³-hybridized carbons (Fsp3) is 0.857. The Kier molecular flexibility index (Phi) is 14.6. The highest BCUT2D eigenvalue weighted by atomic mass is 16.6. The van der Waals surface area contributed by atoms with Gasteiger partial charge in [-0.3, -0.25) is 4.79 Å². The SMILES string of the molecule is CC(C)CCc1cn(CCOCCOCCOCCOCCC(=O)C(C)C)nn1. The maximum absolute atomic E-state index is 11.4. The van der Waals surface area contributed by atoms with Crippen molar-refractivity contribution >= 4 is 5.78 Å². The first-order valence-corrected chi connectivity index (χ1v) is 10.7. The zero-order chi connectivity index (χ0) is 21.3. The fourth-order valence-corrected chi connectivity index (χ4v) is 2.38. The van der Waals surface area contributed by atoms with Crippen LogP contribution in [0, 0.1) is 11.8 Å². The molecule has 1 heterocycles. The van der Waals surface area contributed by atoms with Crippen LogP contribution in [-0.2, 0) is 36.7 Å². The number of ketones is 1. The Morgan fingerprint density at radius 2 is 1.45 bits per heavy atom. The summed E-state index contributed by atoms with van der Waals surface area (Å²) in [4.78, 5) is 11.4. The van der Waals surface area contributed by atoms with E-state index in [2.05, 4.69) is 24.2 Å². The molecule has 1 aromatic rings. The quantitative estimate of drug-likeness (QED) is 0.322. The van der Waals surface area contributed by atoms with Crippen molar-refractivity contribution in [2.75, 3.05) is 52.9 Å². The number of ether oxygens (including phenoxy) is 4. The zero-order valence-electron chi connectivity index (χ0n) is 18.6. The lowest BCUT2D eigenvalue weighted by molar-refractivity contribution is -0.123. The van der Waals surface area contributed by atoms with Crippen LogP contribution >= 0.6 is 0 Å². The number of carbonyl (C=O) groups is 1. The van der Waals surface area contributed by atoms with E-state index in [0.717, 1.165) is 18.5 Å². The molecule has 0 aliphatic heterocycles. The van der Waals surface area contributed by atoms with Gasteiger partial charge in [0.2, 0.25) is 0 Å². The number of hydrogen-bond acceptors (Lipinski definition) is 7. The van der Waals surface area contributed by atoms with Gasteiger partial charge in [0, 0.05) is 18.5 Å². The lowest BCUT2D eigenvalue weighted by Gasteiger charge is -2.08. The summed E-state index contributed by atoms with van der Waals surface area (Å²) >= 11 is 0. The van der Waals surface area contributed by atoms with Crippen LogP contribution in [0.1, 0.15) is 46.2 Å². The molecule has 0 atom stereocenters. The molecule has 0 aliphatic carbocycles. The highest BCUT2D eigenvalue weighted by Crippen LogP contribution is 2.05. The molecule has 29 heavy (non-hydrogen) atoms. The van der Waals surface area contributed by atoms with Gasteiger partial charge in [-0.05, 0) is 18.8 Å². The lowest BCUT2D eigenvalue weighted by Crippen LogP contribution is -2.14. The molecule has 0 spiro atoms. The molecule has 1 rings (SSSR count). The van der Waals surface area contributed by atoms with E-state index in [0.29, 0.717) is 71.7 Å². The number of Topliss-reactive ketones (excluding diaryl/α,β-unsaturated/α-hetero) is 1. The van der Waals surface area contributed by atoms with Crippen LogP contribution in [0.25, 0.3) is 0 Å². The molecule has 0 aromatic carbocycles. The molecule has 8 heteroatoms. The van der Waals surface area contributed by atoms with Crippen LogP contribution in [-0.4, -0.2) is 73.6 Å². The van der Waals surface area contributed by atoms with Crippen LogP contribution < -0.4 is 0 Å². The molecule has 0 amide bonds. The van der Waals surface area contributed by atoms with Gasteiger partial charge in [0.15, 0.2) is 0 Å².